The third kappa shape index (κ3) is 2.78. The molecule has 3 nitrogen and oxygen atoms in total. The van der Waals surface area contributed by atoms with E-state index in [9.17, 15) is 0 Å². The second-order valence-corrected chi connectivity index (χ2v) is 5.22. The van der Waals surface area contributed by atoms with Gasteiger partial charge in [-0.25, -0.2) is 0 Å². The van der Waals surface area contributed by atoms with Gasteiger partial charge in [0.15, 0.2) is 0 Å². The van der Waals surface area contributed by atoms with Crippen molar-refractivity contribution in [2.45, 2.75) is 20.8 Å². The third-order valence-electron chi connectivity index (χ3n) is 3.32. The van der Waals surface area contributed by atoms with Crippen molar-refractivity contribution in [1.82, 2.24) is 0 Å². The van der Waals surface area contributed by atoms with Gasteiger partial charge < -0.3 is 10.5 Å². The lowest BCUT2D eigenvalue weighted by Crippen LogP contribution is -2.11. The van der Waals surface area contributed by atoms with Crippen molar-refractivity contribution >= 4 is 17.4 Å². The summed E-state index contributed by atoms with van der Waals surface area (Å²) in [6.07, 6.45) is 0. The summed E-state index contributed by atoms with van der Waals surface area (Å²) >= 11 is 6.10. The molecule has 0 amide bonds. The molecule has 0 saturated heterocycles. The lowest BCUT2D eigenvalue weighted by atomic mass is 10.1. The number of hydrogen-bond acceptors (Lipinski definition) is 2. The molecule has 4 heteroatoms. The van der Waals surface area contributed by atoms with Crippen LogP contribution in [0.2, 0.25) is 5.02 Å². The average molecular weight is 289 g/mol. The maximum absolute atomic E-state index is 7.42. The molecule has 0 unspecified atom stereocenters. The van der Waals surface area contributed by atoms with Gasteiger partial charge in [-0.2, -0.15) is 0 Å². The van der Waals surface area contributed by atoms with Gasteiger partial charge in [-0.1, -0.05) is 23.7 Å². The smallest absolute Gasteiger partial charge is 0.133 e. The Labute approximate surface area is 123 Å². The zero-order valence-corrected chi connectivity index (χ0v) is 12.5. The standard InChI is InChI=1S/C16H17ClN2O/c1-9-4-5-10(2)15(11(9)3)20-12-6-7-13(16(18)19)14(17)8-12/h4-8H,1-3H3,(H3,18,19). The zero-order valence-electron chi connectivity index (χ0n) is 11.8. The van der Waals surface area contributed by atoms with Gasteiger partial charge in [0.1, 0.15) is 17.3 Å². The third-order valence-corrected chi connectivity index (χ3v) is 3.64. The summed E-state index contributed by atoms with van der Waals surface area (Å²) in [7, 11) is 0. The minimum atomic E-state index is -0.0514. The van der Waals surface area contributed by atoms with Crippen LogP contribution in [0.3, 0.4) is 0 Å². The molecule has 0 atom stereocenters. The Morgan fingerprint density at radius 2 is 1.75 bits per heavy atom. The molecule has 2 aromatic rings. The lowest BCUT2D eigenvalue weighted by Gasteiger charge is -2.14. The minimum Gasteiger partial charge on any atom is -0.457 e. The van der Waals surface area contributed by atoms with E-state index in [0.717, 1.165) is 16.9 Å². The summed E-state index contributed by atoms with van der Waals surface area (Å²) in [6, 6.07) is 9.25. The zero-order chi connectivity index (χ0) is 14.9. The Hall–Kier alpha value is -2.00. The first-order valence-corrected chi connectivity index (χ1v) is 6.66. The van der Waals surface area contributed by atoms with Crippen LogP contribution in [0.15, 0.2) is 30.3 Å². The average Bonchev–Trinajstić information content (AvgIpc) is 2.39. The molecule has 0 aliphatic rings. The Kier molecular flexibility index (Phi) is 4.00. The van der Waals surface area contributed by atoms with E-state index in [4.69, 9.17) is 27.5 Å². The van der Waals surface area contributed by atoms with Gasteiger partial charge in [-0.05, 0) is 49.6 Å². The van der Waals surface area contributed by atoms with Crippen LogP contribution >= 0.6 is 11.6 Å². The van der Waals surface area contributed by atoms with Gasteiger partial charge in [0.05, 0.1) is 5.02 Å². The van der Waals surface area contributed by atoms with Crippen molar-refractivity contribution in [2.75, 3.05) is 0 Å². The molecular weight excluding hydrogens is 272 g/mol. The SMILES string of the molecule is Cc1ccc(C)c(Oc2ccc(C(=N)N)c(Cl)c2)c1C. The topological polar surface area (TPSA) is 59.1 Å². The summed E-state index contributed by atoms with van der Waals surface area (Å²) < 4.78 is 5.94. The van der Waals surface area contributed by atoms with Gasteiger partial charge >= 0.3 is 0 Å². The van der Waals surface area contributed by atoms with Crippen LogP contribution in [0.1, 0.15) is 22.3 Å². The fourth-order valence-electron chi connectivity index (χ4n) is 1.98. The molecule has 3 N–H and O–H groups in total. The molecule has 0 radical (unpaired) electrons. The van der Waals surface area contributed by atoms with E-state index in [1.807, 2.05) is 26.8 Å². The number of rotatable bonds is 3. The Morgan fingerprint density at radius 1 is 1.10 bits per heavy atom. The van der Waals surface area contributed by atoms with Gasteiger partial charge in [0.25, 0.3) is 0 Å². The first kappa shape index (κ1) is 14.4. The van der Waals surface area contributed by atoms with Crippen molar-refractivity contribution < 1.29 is 4.74 Å². The Morgan fingerprint density at radius 3 is 2.35 bits per heavy atom. The van der Waals surface area contributed by atoms with Gasteiger partial charge in [0, 0.05) is 11.6 Å². The normalized spacial score (nSPS) is 10.4. The predicted molar refractivity (Wildman–Crippen MR) is 83.2 cm³/mol. The van der Waals surface area contributed by atoms with Crippen LogP contribution < -0.4 is 10.5 Å². The molecule has 0 aliphatic carbocycles. The van der Waals surface area contributed by atoms with E-state index in [2.05, 4.69) is 6.07 Å². The van der Waals surface area contributed by atoms with E-state index in [1.54, 1.807) is 18.2 Å². The van der Waals surface area contributed by atoms with Crippen LogP contribution in [-0.2, 0) is 0 Å². The Balaban J connectivity index is 2.39. The number of nitrogens with two attached hydrogens (primary N) is 1. The number of nitrogens with one attached hydrogen (secondary N) is 1. The van der Waals surface area contributed by atoms with E-state index in [1.165, 1.54) is 5.56 Å². The Bertz CT molecular complexity index is 680. The monoisotopic (exact) mass is 288 g/mol. The summed E-state index contributed by atoms with van der Waals surface area (Å²) in [6.45, 7) is 6.09. The largest absolute Gasteiger partial charge is 0.457 e. The molecule has 0 spiro atoms. The molecule has 0 saturated carbocycles. The first-order valence-electron chi connectivity index (χ1n) is 6.28. The van der Waals surface area contributed by atoms with Crippen molar-refractivity contribution in [3.8, 4) is 11.5 Å². The van der Waals surface area contributed by atoms with Gasteiger partial charge in [-0.3, -0.25) is 5.41 Å². The van der Waals surface area contributed by atoms with E-state index in [-0.39, 0.29) is 5.84 Å². The molecule has 0 bridgehead atoms. The second kappa shape index (κ2) is 5.55. The van der Waals surface area contributed by atoms with Crippen LogP contribution in [-0.4, -0.2) is 5.84 Å². The van der Waals surface area contributed by atoms with Crippen LogP contribution in [0.25, 0.3) is 0 Å². The lowest BCUT2D eigenvalue weighted by molar-refractivity contribution is 0.474. The van der Waals surface area contributed by atoms with Crippen LogP contribution in [0, 0.1) is 26.2 Å². The number of ether oxygens (including phenoxy) is 1. The molecular formula is C16H17ClN2O. The number of aryl methyl sites for hydroxylation is 2. The first-order chi connectivity index (χ1) is 9.40. The summed E-state index contributed by atoms with van der Waals surface area (Å²) in [4.78, 5) is 0. The number of amidine groups is 1. The quantitative estimate of drug-likeness (QED) is 0.652. The maximum Gasteiger partial charge on any atom is 0.133 e. The number of halogens is 1. The molecule has 0 aliphatic heterocycles. The van der Waals surface area contributed by atoms with Crippen LogP contribution in [0.5, 0.6) is 11.5 Å². The number of hydrogen-bond donors (Lipinski definition) is 2. The molecule has 2 aromatic carbocycles. The fraction of sp³-hybridized carbons (Fsp3) is 0.188. The highest BCUT2D eigenvalue weighted by atomic mass is 35.5. The van der Waals surface area contributed by atoms with Gasteiger partial charge in [0.2, 0.25) is 0 Å². The van der Waals surface area contributed by atoms with Crippen molar-refractivity contribution in [2.24, 2.45) is 5.73 Å². The van der Waals surface area contributed by atoms with Crippen LogP contribution in [0.4, 0.5) is 0 Å². The van der Waals surface area contributed by atoms with Crippen molar-refractivity contribution in [1.29, 1.82) is 5.41 Å². The molecule has 2 rings (SSSR count). The second-order valence-electron chi connectivity index (χ2n) is 4.81. The highest BCUT2D eigenvalue weighted by molar-refractivity contribution is 6.34. The molecule has 104 valence electrons. The van der Waals surface area contributed by atoms with Gasteiger partial charge in [-0.15, -0.1) is 0 Å². The maximum atomic E-state index is 7.42. The highest BCUT2D eigenvalue weighted by Gasteiger charge is 2.10. The summed E-state index contributed by atoms with van der Waals surface area (Å²) in [5, 5.41) is 7.83. The molecule has 20 heavy (non-hydrogen) atoms. The number of nitrogen functional groups attached to an aromatic ring is 1. The molecule has 0 fully saturated rings. The summed E-state index contributed by atoms with van der Waals surface area (Å²) in [5.74, 6) is 1.43. The highest BCUT2D eigenvalue weighted by Crippen LogP contribution is 2.32. The van der Waals surface area contributed by atoms with E-state index in [0.29, 0.717) is 16.3 Å². The van der Waals surface area contributed by atoms with E-state index < -0.39 is 0 Å². The number of benzene rings is 2. The minimum absolute atomic E-state index is 0.0514. The molecule has 0 heterocycles. The fourth-order valence-corrected chi connectivity index (χ4v) is 2.25. The molecule has 0 aromatic heterocycles. The van der Waals surface area contributed by atoms with Crippen molar-refractivity contribution in [3.63, 3.8) is 0 Å². The summed E-state index contributed by atoms with van der Waals surface area (Å²) in [5.41, 5.74) is 9.31. The van der Waals surface area contributed by atoms with E-state index >= 15 is 0 Å². The predicted octanol–water partition coefficient (Wildman–Crippen LogP) is 4.34. The van der Waals surface area contributed by atoms with Crippen molar-refractivity contribution in [3.05, 3.63) is 57.6 Å².